The van der Waals surface area contributed by atoms with Crippen molar-refractivity contribution in [1.82, 2.24) is 9.21 Å². The molecule has 10 heteroatoms. The van der Waals surface area contributed by atoms with Crippen LogP contribution in [0.1, 0.15) is 18.4 Å². The summed E-state index contributed by atoms with van der Waals surface area (Å²) in [6.45, 7) is -0.646. The Morgan fingerprint density at radius 2 is 1.82 bits per heavy atom. The quantitative estimate of drug-likeness (QED) is 0.486. The first kappa shape index (κ1) is 25.4. The van der Waals surface area contributed by atoms with E-state index in [-0.39, 0.29) is 29.8 Å². The molecule has 0 aliphatic carbocycles. The van der Waals surface area contributed by atoms with E-state index in [2.05, 4.69) is 9.64 Å². The topological polar surface area (TPSA) is 68.3 Å². The molecule has 182 valence electrons. The Morgan fingerprint density at radius 3 is 2.48 bits per heavy atom. The van der Waals surface area contributed by atoms with Crippen LogP contribution in [0.2, 0.25) is 0 Å². The highest BCUT2D eigenvalue weighted by molar-refractivity contribution is 7.89. The summed E-state index contributed by atoms with van der Waals surface area (Å²) in [6, 6.07) is 13.0. The van der Waals surface area contributed by atoms with Crippen molar-refractivity contribution < 1.29 is 31.4 Å². The Hall–Kier alpha value is -2.27. The van der Waals surface area contributed by atoms with Gasteiger partial charge in [0.25, 0.3) is 0 Å². The fourth-order valence-electron chi connectivity index (χ4n) is 4.03. The zero-order valence-corrected chi connectivity index (χ0v) is 19.6. The van der Waals surface area contributed by atoms with E-state index in [9.17, 15) is 17.2 Å². The minimum atomic E-state index is -3.75. The minimum absolute atomic E-state index is 0.164. The Labute approximate surface area is 193 Å². The van der Waals surface area contributed by atoms with Crippen LogP contribution in [-0.4, -0.2) is 70.7 Å². The highest BCUT2D eigenvalue weighted by Crippen LogP contribution is 2.28. The maximum absolute atomic E-state index is 13.4. The van der Waals surface area contributed by atoms with Gasteiger partial charge in [0.05, 0.1) is 18.6 Å². The molecule has 0 unspecified atom stereocenters. The van der Waals surface area contributed by atoms with Crippen molar-refractivity contribution in [3.05, 3.63) is 54.1 Å². The van der Waals surface area contributed by atoms with Gasteiger partial charge in [0.2, 0.25) is 10.0 Å². The van der Waals surface area contributed by atoms with Crippen molar-refractivity contribution in [2.45, 2.75) is 36.9 Å². The Bertz CT molecular complexity index is 998. The van der Waals surface area contributed by atoms with Crippen LogP contribution in [0.3, 0.4) is 0 Å². The summed E-state index contributed by atoms with van der Waals surface area (Å²) < 4.78 is 68.8. The van der Waals surface area contributed by atoms with Gasteiger partial charge in [0.1, 0.15) is 11.5 Å². The van der Waals surface area contributed by atoms with E-state index in [4.69, 9.17) is 9.47 Å². The zero-order valence-electron chi connectivity index (χ0n) is 18.8. The van der Waals surface area contributed by atoms with Crippen LogP contribution < -0.4 is 9.47 Å². The molecule has 0 bridgehead atoms. The lowest BCUT2D eigenvalue weighted by Crippen LogP contribution is -2.48. The maximum atomic E-state index is 13.4. The molecule has 7 nitrogen and oxygen atoms in total. The molecular formula is C23H30F2N2O5S. The van der Waals surface area contributed by atoms with Crippen LogP contribution in [0.4, 0.5) is 8.78 Å². The van der Waals surface area contributed by atoms with Gasteiger partial charge in [-0.2, -0.15) is 13.1 Å². The summed E-state index contributed by atoms with van der Waals surface area (Å²) in [4.78, 5) is 2.30. The third-order valence-electron chi connectivity index (χ3n) is 5.71. The van der Waals surface area contributed by atoms with E-state index in [0.29, 0.717) is 43.8 Å². The second-order valence-electron chi connectivity index (χ2n) is 7.78. The van der Waals surface area contributed by atoms with Gasteiger partial charge in [-0.15, -0.1) is 0 Å². The lowest BCUT2D eigenvalue weighted by atomic mass is 10.0. The molecule has 0 saturated carbocycles. The van der Waals surface area contributed by atoms with Gasteiger partial charge in [0, 0.05) is 51.0 Å². The number of hydrogen-bond acceptors (Lipinski definition) is 6. The van der Waals surface area contributed by atoms with E-state index in [1.165, 1.54) is 30.7 Å². The summed E-state index contributed by atoms with van der Waals surface area (Å²) in [5.74, 6) is 0.638. The summed E-state index contributed by atoms with van der Waals surface area (Å²) in [7, 11) is -0.716. The number of alkyl halides is 2. The number of piperidine rings is 1. The predicted molar refractivity (Wildman–Crippen MR) is 120 cm³/mol. The number of para-hydroxylation sites is 1. The van der Waals surface area contributed by atoms with E-state index < -0.39 is 16.6 Å². The van der Waals surface area contributed by atoms with Crippen molar-refractivity contribution in [2.75, 3.05) is 40.5 Å². The number of halogens is 2. The first-order valence-corrected chi connectivity index (χ1v) is 12.2. The van der Waals surface area contributed by atoms with Gasteiger partial charge >= 0.3 is 6.61 Å². The molecule has 3 rings (SSSR count). The SMILES string of the molecule is COCCN(C1CCN(Cc2ccccc2OC(F)F)CC1)S(=O)(=O)c1cccc(OC)c1. The fraction of sp³-hybridized carbons (Fsp3) is 0.478. The highest BCUT2D eigenvalue weighted by Gasteiger charge is 2.34. The van der Waals surface area contributed by atoms with Gasteiger partial charge in [0.15, 0.2) is 0 Å². The first-order valence-electron chi connectivity index (χ1n) is 10.7. The van der Waals surface area contributed by atoms with Gasteiger partial charge in [-0.05, 0) is 31.0 Å². The van der Waals surface area contributed by atoms with Crippen LogP contribution in [0, 0.1) is 0 Å². The summed E-state index contributed by atoms with van der Waals surface area (Å²) in [6.07, 6.45) is 1.23. The van der Waals surface area contributed by atoms with Crippen molar-refractivity contribution >= 4 is 10.0 Å². The van der Waals surface area contributed by atoms with Crippen LogP contribution in [0.25, 0.3) is 0 Å². The predicted octanol–water partition coefficient (Wildman–Crippen LogP) is 3.60. The van der Waals surface area contributed by atoms with E-state index >= 15 is 0 Å². The Morgan fingerprint density at radius 1 is 1.09 bits per heavy atom. The zero-order chi connectivity index (χ0) is 23.8. The molecule has 1 fully saturated rings. The third-order valence-corrected chi connectivity index (χ3v) is 7.66. The number of methoxy groups -OCH3 is 2. The van der Waals surface area contributed by atoms with Gasteiger partial charge in [-0.1, -0.05) is 24.3 Å². The monoisotopic (exact) mass is 484 g/mol. The van der Waals surface area contributed by atoms with Crippen molar-refractivity contribution in [2.24, 2.45) is 0 Å². The van der Waals surface area contributed by atoms with E-state index in [0.717, 1.165) is 0 Å². The average Bonchev–Trinajstić information content (AvgIpc) is 2.81. The molecule has 33 heavy (non-hydrogen) atoms. The fourth-order valence-corrected chi connectivity index (χ4v) is 5.73. The van der Waals surface area contributed by atoms with Crippen molar-refractivity contribution in [3.8, 4) is 11.5 Å². The minimum Gasteiger partial charge on any atom is -0.497 e. The number of benzene rings is 2. The summed E-state index contributed by atoms with van der Waals surface area (Å²) in [5.41, 5.74) is 0.677. The molecule has 1 saturated heterocycles. The van der Waals surface area contributed by atoms with Gasteiger partial charge < -0.3 is 14.2 Å². The number of ether oxygens (including phenoxy) is 3. The number of sulfonamides is 1. The number of likely N-dealkylation sites (tertiary alicyclic amines) is 1. The summed E-state index contributed by atoms with van der Waals surface area (Å²) in [5, 5.41) is 0. The standard InChI is InChI=1S/C23H30F2N2O5S/c1-30-15-14-27(33(28,29)21-8-5-7-20(16-21)31-2)19-10-12-26(13-11-19)17-18-6-3-4-9-22(18)32-23(24)25/h3-9,16,19,23H,10-15,17H2,1-2H3. The molecule has 0 atom stereocenters. The molecule has 2 aromatic carbocycles. The molecular weight excluding hydrogens is 454 g/mol. The third kappa shape index (κ3) is 6.63. The van der Waals surface area contributed by atoms with E-state index in [1.807, 2.05) is 0 Å². The van der Waals surface area contributed by atoms with E-state index in [1.54, 1.807) is 36.4 Å². The number of hydrogen-bond donors (Lipinski definition) is 0. The molecule has 2 aromatic rings. The number of rotatable bonds is 11. The Kier molecular flexibility index (Phi) is 9.02. The molecule has 0 N–H and O–H groups in total. The molecule has 1 aliphatic heterocycles. The Balaban J connectivity index is 1.71. The molecule has 0 radical (unpaired) electrons. The lowest BCUT2D eigenvalue weighted by molar-refractivity contribution is -0.0508. The molecule has 0 amide bonds. The highest BCUT2D eigenvalue weighted by atomic mass is 32.2. The van der Waals surface area contributed by atoms with Gasteiger partial charge in [-0.25, -0.2) is 8.42 Å². The molecule has 1 heterocycles. The normalized spacial score (nSPS) is 15.8. The van der Waals surface area contributed by atoms with Crippen LogP contribution in [0.5, 0.6) is 11.5 Å². The smallest absolute Gasteiger partial charge is 0.387 e. The maximum Gasteiger partial charge on any atom is 0.387 e. The largest absolute Gasteiger partial charge is 0.497 e. The average molecular weight is 485 g/mol. The first-order chi connectivity index (χ1) is 15.8. The molecule has 0 spiro atoms. The van der Waals surface area contributed by atoms with Crippen LogP contribution >= 0.6 is 0 Å². The molecule has 1 aliphatic rings. The number of nitrogens with zero attached hydrogens (tertiary/aromatic N) is 2. The second kappa shape index (κ2) is 11.7. The molecule has 0 aromatic heterocycles. The van der Waals surface area contributed by atoms with Crippen molar-refractivity contribution in [3.63, 3.8) is 0 Å². The van der Waals surface area contributed by atoms with Crippen molar-refractivity contribution in [1.29, 1.82) is 0 Å². The second-order valence-corrected chi connectivity index (χ2v) is 9.67. The van der Waals surface area contributed by atoms with Crippen LogP contribution in [0.15, 0.2) is 53.4 Å². The van der Waals surface area contributed by atoms with Crippen LogP contribution in [-0.2, 0) is 21.3 Å². The van der Waals surface area contributed by atoms with Gasteiger partial charge in [-0.3, -0.25) is 4.90 Å². The lowest BCUT2D eigenvalue weighted by Gasteiger charge is -2.38. The summed E-state index contributed by atoms with van der Waals surface area (Å²) >= 11 is 0.